The molecule has 0 heterocycles. The van der Waals surface area contributed by atoms with E-state index in [9.17, 15) is 18.4 Å². The van der Waals surface area contributed by atoms with Gasteiger partial charge in [0.25, 0.3) is 5.91 Å². The summed E-state index contributed by atoms with van der Waals surface area (Å²) in [5, 5.41) is 10.8. The SMILES string of the molecule is C[C@H](CC#N)[C@H](NC(=O)c1cccc(F)c1F)C(N)=O. The molecule has 0 aliphatic heterocycles. The number of halogens is 2. The topological polar surface area (TPSA) is 96.0 Å². The Morgan fingerprint density at radius 2 is 2.10 bits per heavy atom. The molecule has 1 aromatic rings. The lowest BCUT2D eigenvalue weighted by Gasteiger charge is -2.20. The zero-order valence-corrected chi connectivity index (χ0v) is 10.7. The summed E-state index contributed by atoms with van der Waals surface area (Å²) >= 11 is 0. The van der Waals surface area contributed by atoms with Crippen LogP contribution in [0, 0.1) is 28.9 Å². The number of nitrogens with one attached hydrogen (secondary N) is 1. The van der Waals surface area contributed by atoms with Crippen LogP contribution in [0.15, 0.2) is 18.2 Å². The van der Waals surface area contributed by atoms with Crippen molar-refractivity contribution in [3.63, 3.8) is 0 Å². The van der Waals surface area contributed by atoms with E-state index in [2.05, 4.69) is 5.32 Å². The molecule has 0 saturated carbocycles. The number of amides is 2. The molecule has 2 amide bonds. The summed E-state index contributed by atoms with van der Waals surface area (Å²) < 4.78 is 26.5. The molecule has 1 aromatic carbocycles. The Balaban J connectivity index is 2.95. The van der Waals surface area contributed by atoms with Crippen LogP contribution in [0.25, 0.3) is 0 Å². The van der Waals surface area contributed by atoms with Gasteiger partial charge in [0.05, 0.1) is 11.6 Å². The molecule has 7 heteroatoms. The van der Waals surface area contributed by atoms with Gasteiger partial charge >= 0.3 is 0 Å². The zero-order valence-electron chi connectivity index (χ0n) is 10.7. The lowest BCUT2D eigenvalue weighted by Crippen LogP contribution is -2.48. The molecule has 0 radical (unpaired) electrons. The van der Waals surface area contributed by atoms with Gasteiger partial charge in [-0.2, -0.15) is 5.26 Å². The molecule has 0 aliphatic carbocycles. The number of nitrogens with two attached hydrogens (primary N) is 1. The number of hydrogen-bond acceptors (Lipinski definition) is 3. The van der Waals surface area contributed by atoms with Crippen LogP contribution in [0.3, 0.4) is 0 Å². The Morgan fingerprint density at radius 1 is 1.45 bits per heavy atom. The fraction of sp³-hybridized carbons (Fsp3) is 0.308. The van der Waals surface area contributed by atoms with Crippen LogP contribution < -0.4 is 11.1 Å². The fourth-order valence-electron chi connectivity index (χ4n) is 1.65. The van der Waals surface area contributed by atoms with Crippen molar-refractivity contribution < 1.29 is 18.4 Å². The van der Waals surface area contributed by atoms with Crippen molar-refractivity contribution in [2.75, 3.05) is 0 Å². The predicted molar refractivity (Wildman–Crippen MR) is 66.2 cm³/mol. The summed E-state index contributed by atoms with van der Waals surface area (Å²) in [6, 6.07) is 3.84. The maximum atomic E-state index is 13.4. The molecule has 5 nitrogen and oxygen atoms in total. The molecule has 20 heavy (non-hydrogen) atoms. The average molecular weight is 281 g/mol. The second-order valence-corrected chi connectivity index (χ2v) is 4.29. The van der Waals surface area contributed by atoms with Crippen LogP contribution in [0.2, 0.25) is 0 Å². The van der Waals surface area contributed by atoms with Gasteiger partial charge in [-0.05, 0) is 18.1 Å². The number of hydrogen-bond donors (Lipinski definition) is 2. The van der Waals surface area contributed by atoms with Gasteiger partial charge in [-0.3, -0.25) is 9.59 Å². The summed E-state index contributed by atoms with van der Waals surface area (Å²) in [4.78, 5) is 23.1. The standard InChI is InChI=1S/C13H13F2N3O2/c1-7(5-6-16)11(12(17)19)18-13(20)8-3-2-4-9(14)10(8)15/h2-4,7,11H,5H2,1H3,(H2,17,19)(H,18,20)/t7-,11+/m1/s1. The number of benzene rings is 1. The van der Waals surface area contributed by atoms with Crippen LogP contribution in [0.5, 0.6) is 0 Å². The summed E-state index contributed by atoms with van der Waals surface area (Å²) in [5.41, 5.74) is 4.60. The normalized spacial score (nSPS) is 13.1. The molecular weight excluding hydrogens is 268 g/mol. The highest BCUT2D eigenvalue weighted by Gasteiger charge is 2.26. The summed E-state index contributed by atoms with van der Waals surface area (Å²) in [6.45, 7) is 1.54. The molecule has 0 aliphatic rings. The molecular formula is C13H13F2N3O2. The minimum absolute atomic E-state index is 0.0144. The smallest absolute Gasteiger partial charge is 0.255 e. The van der Waals surface area contributed by atoms with Gasteiger partial charge in [0.2, 0.25) is 5.91 Å². The summed E-state index contributed by atoms with van der Waals surface area (Å²) in [7, 11) is 0. The van der Waals surface area contributed by atoms with Crippen LogP contribution in [0.4, 0.5) is 8.78 Å². The lowest BCUT2D eigenvalue weighted by molar-refractivity contribution is -0.120. The third-order valence-corrected chi connectivity index (χ3v) is 2.77. The van der Waals surface area contributed by atoms with Crippen molar-refractivity contribution in [2.24, 2.45) is 11.7 Å². The highest BCUT2D eigenvalue weighted by Crippen LogP contribution is 2.13. The molecule has 0 spiro atoms. The van der Waals surface area contributed by atoms with Crippen molar-refractivity contribution in [1.29, 1.82) is 5.26 Å². The molecule has 0 unspecified atom stereocenters. The van der Waals surface area contributed by atoms with Gasteiger partial charge in [-0.25, -0.2) is 8.78 Å². The third kappa shape index (κ3) is 3.51. The van der Waals surface area contributed by atoms with Gasteiger partial charge in [0.1, 0.15) is 6.04 Å². The van der Waals surface area contributed by atoms with E-state index in [1.165, 1.54) is 6.07 Å². The van der Waals surface area contributed by atoms with E-state index >= 15 is 0 Å². The minimum atomic E-state index is -1.30. The molecule has 0 fully saturated rings. The number of carbonyl (C=O) groups excluding carboxylic acids is 2. The van der Waals surface area contributed by atoms with Crippen LogP contribution in [-0.4, -0.2) is 17.9 Å². The van der Waals surface area contributed by atoms with E-state index in [4.69, 9.17) is 11.0 Å². The monoisotopic (exact) mass is 281 g/mol. The van der Waals surface area contributed by atoms with Crippen molar-refractivity contribution in [2.45, 2.75) is 19.4 Å². The Bertz CT molecular complexity index is 569. The van der Waals surface area contributed by atoms with E-state index in [0.717, 1.165) is 12.1 Å². The fourth-order valence-corrected chi connectivity index (χ4v) is 1.65. The van der Waals surface area contributed by atoms with Gasteiger partial charge in [-0.15, -0.1) is 0 Å². The first-order chi connectivity index (χ1) is 9.38. The van der Waals surface area contributed by atoms with Gasteiger partial charge < -0.3 is 11.1 Å². The highest BCUT2D eigenvalue weighted by molar-refractivity contribution is 5.97. The molecule has 3 N–H and O–H groups in total. The summed E-state index contributed by atoms with van der Waals surface area (Å²) in [5.74, 6) is -4.83. The number of carbonyl (C=O) groups is 2. The first-order valence-corrected chi connectivity index (χ1v) is 5.79. The molecule has 0 bridgehead atoms. The Kier molecular flexibility index (Phi) is 5.15. The predicted octanol–water partition coefficient (Wildman–Crippen LogP) is 1.10. The van der Waals surface area contributed by atoms with Crippen molar-refractivity contribution in [3.8, 4) is 6.07 Å². The maximum absolute atomic E-state index is 13.4. The average Bonchev–Trinajstić information content (AvgIpc) is 2.38. The van der Waals surface area contributed by atoms with E-state index in [0.29, 0.717) is 0 Å². The Hall–Kier alpha value is -2.49. The summed E-state index contributed by atoms with van der Waals surface area (Å²) in [6.07, 6.45) is -0.0144. The molecule has 1 rings (SSSR count). The van der Waals surface area contributed by atoms with Crippen LogP contribution >= 0.6 is 0 Å². The van der Waals surface area contributed by atoms with Crippen LogP contribution in [-0.2, 0) is 4.79 Å². The van der Waals surface area contributed by atoms with Gasteiger partial charge in [0.15, 0.2) is 11.6 Å². The van der Waals surface area contributed by atoms with E-state index in [1.807, 2.05) is 6.07 Å². The number of nitrogens with zero attached hydrogens (tertiary/aromatic N) is 1. The molecule has 106 valence electrons. The number of rotatable bonds is 5. The quantitative estimate of drug-likeness (QED) is 0.845. The third-order valence-electron chi connectivity index (χ3n) is 2.77. The highest BCUT2D eigenvalue weighted by atomic mass is 19.2. The van der Waals surface area contributed by atoms with Crippen molar-refractivity contribution >= 4 is 11.8 Å². The second kappa shape index (κ2) is 6.61. The largest absolute Gasteiger partial charge is 0.368 e. The Labute approximate surface area is 114 Å². The minimum Gasteiger partial charge on any atom is -0.368 e. The van der Waals surface area contributed by atoms with E-state index in [1.54, 1.807) is 6.92 Å². The molecule has 2 atom stereocenters. The van der Waals surface area contributed by atoms with Gasteiger partial charge in [-0.1, -0.05) is 13.0 Å². The van der Waals surface area contributed by atoms with Crippen molar-refractivity contribution in [1.82, 2.24) is 5.32 Å². The maximum Gasteiger partial charge on any atom is 0.255 e. The zero-order chi connectivity index (χ0) is 15.3. The Morgan fingerprint density at radius 3 is 2.65 bits per heavy atom. The van der Waals surface area contributed by atoms with Gasteiger partial charge in [0, 0.05) is 6.42 Å². The van der Waals surface area contributed by atoms with Crippen LogP contribution in [0.1, 0.15) is 23.7 Å². The first kappa shape index (κ1) is 15.6. The molecule has 0 saturated heterocycles. The second-order valence-electron chi connectivity index (χ2n) is 4.29. The van der Waals surface area contributed by atoms with E-state index in [-0.39, 0.29) is 6.42 Å². The molecule has 0 aromatic heterocycles. The van der Waals surface area contributed by atoms with Crippen molar-refractivity contribution in [3.05, 3.63) is 35.4 Å². The van der Waals surface area contributed by atoms with E-state index < -0.39 is 41.0 Å². The lowest BCUT2D eigenvalue weighted by atomic mass is 9.98. The number of primary amides is 1. The first-order valence-electron chi connectivity index (χ1n) is 5.79. The number of nitriles is 1.